The highest BCUT2D eigenvalue weighted by Gasteiger charge is 2.12. The number of hydrogen-bond donors (Lipinski definition) is 2. The van der Waals surface area contributed by atoms with E-state index in [1.165, 1.54) is 16.8 Å². The van der Waals surface area contributed by atoms with Crippen LogP contribution in [0.3, 0.4) is 0 Å². The van der Waals surface area contributed by atoms with E-state index in [1.54, 1.807) is 18.4 Å². The number of carbonyl (C=O) groups is 2. The molecule has 7 heteroatoms. The average Bonchev–Trinajstić information content (AvgIpc) is 3.04. The summed E-state index contributed by atoms with van der Waals surface area (Å²) in [4.78, 5) is 35.5. The van der Waals surface area contributed by atoms with Crippen molar-refractivity contribution in [2.75, 3.05) is 0 Å². The summed E-state index contributed by atoms with van der Waals surface area (Å²) in [5.74, 6) is -0.864. The fraction of sp³-hybridized carbons (Fsp3) is 0.211. The van der Waals surface area contributed by atoms with Gasteiger partial charge in [-0.05, 0) is 24.1 Å². The predicted octanol–water partition coefficient (Wildman–Crippen LogP) is 1.55. The molecule has 2 amide bonds. The first-order chi connectivity index (χ1) is 12.6. The lowest BCUT2D eigenvalue weighted by Crippen LogP contribution is -2.44. The van der Waals surface area contributed by atoms with Gasteiger partial charge in [-0.3, -0.25) is 25.2 Å². The summed E-state index contributed by atoms with van der Waals surface area (Å²) in [5, 5.41) is 0.875. The van der Waals surface area contributed by atoms with Crippen molar-refractivity contribution in [1.29, 1.82) is 0 Å². The third-order valence-corrected chi connectivity index (χ3v) is 4.03. The third kappa shape index (κ3) is 4.00. The van der Waals surface area contributed by atoms with Crippen molar-refractivity contribution in [3.8, 4) is 0 Å². The molecule has 0 bridgehead atoms. The molecule has 0 aliphatic heterocycles. The summed E-state index contributed by atoms with van der Waals surface area (Å²) >= 11 is 0. The SMILES string of the molecule is CCc1ccc2c(CC(=O)NNC(=O)Cn3ccccc3=O)coc2c1. The fourth-order valence-corrected chi connectivity index (χ4v) is 2.63. The number of amides is 2. The first-order valence-corrected chi connectivity index (χ1v) is 8.29. The van der Waals surface area contributed by atoms with E-state index in [-0.39, 0.29) is 24.4 Å². The molecule has 0 spiro atoms. The van der Waals surface area contributed by atoms with E-state index in [0.717, 1.165) is 28.5 Å². The van der Waals surface area contributed by atoms with Crippen LogP contribution in [0.4, 0.5) is 0 Å². The van der Waals surface area contributed by atoms with Crippen molar-refractivity contribution >= 4 is 22.8 Å². The maximum atomic E-state index is 12.1. The third-order valence-electron chi connectivity index (χ3n) is 4.03. The van der Waals surface area contributed by atoms with Crippen molar-refractivity contribution in [2.24, 2.45) is 0 Å². The maximum absolute atomic E-state index is 12.1. The predicted molar refractivity (Wildman–Crippen MR) is 96.3 cm³/mol. The van der Waals surface area contributed by atoms with Gasteiger partial charge >= 0.3 is 0 Å². The Balaban J connectivity index is 1.57. The van der Waals surface area contributed by atoms with Gasteiger partial charge in [-0.2, -0.15) is 0 Å². The molecule has 3 rings (SSSR count). The molecule has 7 nitrogen and oxygen atoms in total. The molecule has 2 N–H and O–H groups in total. The Labute approximate surface area is 149 Å². The Morgan fingerprint density at radius 1 is 1.12 bits per heavy atom. The first-order valence-electron chi connectivity index (χ1n) is 8.29. The molecular weight excluding hydrogens is 334 g/mol. The minimum absolute atomic E-state index is 0.0734. The molecule has 0 saturated carbocycles. The lowest BCUT2D eigenvalue weighted by atomic mass is 10.1. The quantitative estimate of drug-likeness (QED) is 0.681. The van der Waals surface area contributed by atoms with Crippen molar-refractivity contribution in [3.63, 3.8) is 0 Å². The number of hydrogen-bond acceptors (Lipinski definition) is 4. The Kier molecular flexibility index (Phi) is 5.17. The van der Waals surface area contributed by atoms with Gasteiger partial charge < -0.3 is 8.98 Å². The molecule has 0 saturated heterocycles. The second-order valence-electron chi connectivity index (χ2n) is 5.88. The molecule has 1 aromatic carbocycles. The fourth-order valence-electron chi connectivity index (χ4n) is 2.63. The molecule has 0 fully saturated rings. The van der Waals surface area contributed by atoms with E-state index >= 15 is 0 Å². The number of aryl methyl sites for hydroxylation is 1. The van der Waals surface area contributed by atoms with Crippen LogP contribution in [0.5, 0.6) is 0 Å². The molecule has 3 aromatic rings. The number of fused-ring (bicyclic) bond motifs is 1. The van der Waals surface area contributed by atoms with E-state index in [2.05, 4.69) is 17.8 Å². The van der Waals surface area contributed by atoms with Crippen LogP contribution in [0, 0.1) is 0 Å². The van der Waals surface area contributed by atoms with E-state index in [1.807, 2.05) is 18.2 Å². The summed E-state index contributed by atoms with van der Waals surface area (Å²) in [7, 11) is 0. The Morgan fingerprint density at radius 2 is 1.92 bits per heavy atom. The van der Waals surface area contributed by atoms with Gasteiger partial charge in [-0.1, -0.05) is 25.1 Å². The average molecular weight is 353 g/mol. The summed E-state index contributed by atoms with van der Waals surface area (Å²) in [6.45, 7) is 1.89. The van der Waals surface area contributed by atoms with Gasteiger partial charge in [0.25, 0.3) is 11.5 Å². The van der Waals surface area contributed by atoms with Crippen LogP contribution in [0.15, 0.2) is 58.1 Å². The van der Waals surface area contributed by atoms with Gasteiger partial charge in [0.1, 0.15) is 12.1 Å². The minimum atomic E-state index is -0.490. The number of aromatic nitrogens is 1. The van der Waals surface area contributed by atoms with Crippen LogP contribution in [-0.4, -0.2) is 16.4 Å². The highest BCUT2D eigenvalue weighted by Crippen LogP contribution is 2.23. The Hall–Kier alpha value is -3.35. The topological polar surface area (TPSA) is 93.3 Å². The van der Waals surface area contributed by atoms with Crippen molar-refractivity contribution in [2.45, 2.75) is 26.3 Å². The second kappa shape index (κ2) is 7.69. The van der Waals surface area contributed by atoms with Gasteiger partial charge in [0, 0.05) is 23.2 Å². The van der Waals surface area contributed by atoms with Gasteiger partial charge in [0.2, 0.25) is 5.91 Å². The normalized spacial score (nSPS) is 10.7. The highest BCUT2D eigenvalue weighted by molar-refractivity contribution is 5.89. The zero-order valence-corrected chi connectivity index (χ0v) is 14.3. The van der Waals surface area contributed by atoms with Gasteiger partial charge in [0.15, 0.2) is 0 Å². The standard InChI is InChI=1S/C19H19N3O4/c1-2-13-6-7-15-14(12-26-16(15)9-13)10-17(23)20-21-18(24)11-22-8-4-3-5-19(22)25/h3-9,12H,2,10-11H2,1H3,(H,20,23)(H,21,24). The van der Waals surface area contributed by atoms with Crippen LogP contribution >= 0.6 is 0 Å². The summed E-state index contributed by atoms with van der Waals surface area (Å²) < 4.78 is 6.75. The van der Waals surface area contributed by atoms with Crippen LogP contribution in [-0.2, 0) is 29.0 Å². The molecular formula is C19H19N3O4. The van der Waals surface area contributed by atoms with Crippen molar-refractivity contribution in [1.82, 2.24) is 15.4 Å². The largest absolute Gasteiger partial charge is 0.464 e. The number of benzene rings is 1. The number of nitrogens with one attached hydrogen (secondary N) is 2. The minimum Gasteiger partial charge on any atom is -0.464 e. The second-order valence-corrected chi connectivity index (χ2v) is 5.88. The highest BCUT2D eigenvalue weighted by atomic mass is 16.3. The Morgan fingerprint density at radius 3 is 2.69 bits per heavy atom. The lowest BCUT2D eigenvalue weighted by Gasteiger charge is -2.08. The number of nitrogens with zero attached hydrogens (tertiary/aromatic N) is 1. The first kappa shape index (κ1) is 17.5. The molecule has 134 valence electrons. The zero-order chi connectivity index (χ0) is 18.5. The molecule has 26 heavy (non-hydrogen) atoms. The van der Waals surface area contributed by atoms with Crippen LogP contribution in [0.25, 0.3) is 11.0 Å². The number of furan rings is 1. The summed E-state index contributed by atoms with van der Waals surface area (Å²) in [6.07, 6.45) is 4.04. The van der Waals surface area contributed by atoms with Gasteiger partial charge in [0.05, 0.1) is 12.7 Å². The summed E-state index contributed by atoms with van der Waals surface area (Å²) in [6, 6.07) is 10.5. The van der Waals surface area contributed by atoms with E-state index < -0.39 is 5.91 Å². The van der Waals surface area contributed by atoms with E-state index in [9.17, 15) is 14.4 Å². The molecule has 2 aromatic heterocycles. The molecule has 2 heterocycles. The molecule has 0 unspecified atom stereocenters. The smallest absolute Gasteiger partial charge is 0.258 e. The number of carbonyl (C=O) groups excluding carboxylic acids is 2. The maximum Gasteiger partial charge on any atom is 0.258 e. The monoisotopic (exact) mass is 353 g/mol. The number of pyridine rings is 1. The zero-order valence-electron chi connectivity index (χ0n) is 14.3. The van der Waals surface area contributed by atoms with Crippen LogP contribution < -0.4 is 16.4 Å². The van der Waals surface area contributed by atoms with Crippen LogP contribution in [0.1, 0.15) is 18.1 Å². The van der Waals surface area contributed by atoms with Crippen LogP contribution in [0.2, 0.25) is 0 Å². The van der Waals surface area contributed by atoms with Crippen molar-refractivity contribution < 1.29 is 14.0 Å². The molecule has 0 radical (unpaired) electrons. The summed E-state index contributed by atoms with van der Waals surface area (Å²) in [5.41, 5.74) is 7.01. The number of hydrazine groups is 1. The van der Waals surface area contributed by atoms with Gasteiger partial charge in [-0.25, -0.2) is 0 Å². The number of rotatable bonds is 5. The molecule has 0 atom stereocenters. The van der Waals surface area contributed by atoms with Gasteiger partial charge in [-0.15, -0.1) is 0 Å². The molecule has 0 aliphatic rings. The van der Waals surface area contributed by atoms with E-state index in [4.69, 9.17) is 4.42 Å². The molecule has 0 aliphatic carbocycles. The Bertz CT molecular complexity index is 1000. The van der Waals surface area contributed by atoms with E-state index in [0.29, 0.717) is 0 Å². The van der Waals surface area contributed by atoms with Crippen molar-refractivity contribution in [3.05, 3.63) is 70.3 Å². The lowest BCUT2D eigenvalue weighted by molar-refractivity contribution is -0.128.